The maximum absolute atomic E-state index is 9.00. The fourth-order valence-corrected chi connectivity index (χ4v) is 3.61. The van der Waals surface area contributed by atoms with Gasteiger partial charge in [-0.3, -0.25) is 4.57 Å². The van der Waals surface area contributed by atoms with Gasteiger partial charge in [-0.2, -0.15) is 5.26 Å². The highest BCUT2D eigenvalue weighted by Gasteiger charge is 2.30. The average molecular weight is 384 g/mol. The molecule has 0 spiro atoms. The van der Waals surface area contributed by atoms with Crippen LogP contribution in [0, 0.1) is 11.3 Å². The molecule has 0 saturated heterocycles. The topological polar surface area (TPSA) is 76.6 Å². The molecule has 130 valence electrons. The molecule has 0 radical (unpaired) electrons. The molecule has 0 amide bonds. The summed E-state index contributed by atoms with van der Waals surface area (Å²) in [5.41, 5.74) is 0.384. The van der Waals surface area contributed by atoms with Crippen LogP contribution in [0.4, 0.5) is 0 Å². The average Bonchev–Trinajstić information content (AvgIpc) is 3.43. The van der Waals surface area contributed by atoms with Gasteiger partial charge in [-0.1, -0.05) is 29.8 Å². The minimum absolute atomic E-state index is 0.291. The predicted molar refractivity (Wildman–Crippen MR) is 97.2 cm³/mol. The van der Waals surface area contributed by atoms with Crippen LogP contribution in [-0.2, 0) is 6.61 Å². The Labute approximate surface area is 159 Å². The zero-order valence-electron chi connectivity index (χ0n) is 13.7. The molecule has 0 atom stereocenters. The van der Waals surface area contributed by atoms with E-state index in [4.69, 9.17) is 21.6 Å². The Hall–Kier alpha value is -2.56. The van der Waals surface area contributed by atoms with E-state index in [0.29, 0.717) is 29.1 Å². The number of halogens is 1. The van der Waals surface area contributed by atoms with Crippen molar-refractivity contribution in [3.8, 4) is 11.8 Å². The van der Waals surface area contributed by atoms with E-state index in [-0.39, 0.29) is 0 Å². The predicted octanol–water partition coefficient (Wildman–Crippen LogP) is 4.26. The van der Waals surface area contributed by atoms with Crippen LogP contribution in [0.3, 0.4) is 0 Å². The lowest BCUT2D eigenvalue weighted by molar-refractivity contribution is 0.288. The molecule has 2 heterocycles. The molecule has 1 saturated carbocycles. The number of benzene rings is 1. The zero-order chi connectivity index (χ0) is 17.9. The van der Waals surface area contributed by atoms with Crippen LogP contribution >= 0.6 is 23.4 Å². The van der Waals surface area contributed by atoms with Crippen molar-refractivity contribution in [1.82, 2.24) is 19.7 Å². The zero-order valence-corrected chi connectivity index (χ0v) is 15.2. The first-order valence-corrected chi connectivity index (χ1v) is 9.30. The molecule has 6 nitrogen and oxygen atoms in total. The van der Waals surface area contributed by atoms with Gasteiger partial charge in [0.1, 0.15) is 29.1 Å². The number of pyridine rings is 1. The number of aromatic nitrogens is 4. The molecule has 1 aromatic carbocycles. The third-order valence-electron chi connectivity index (χ3n) is 3.87. The number of nitrogens with zero attached hydrogens (tertiary/aromatic N) is 5. The molecule has 1 aliphatic carbocycles. The van der Waals surface area contributed by atoms with Crippen molar-refractivity contribution >= 4 is 23.4 Å². The van der Waals surface area contributed by atoms with E-state index in [1.54, 1.807) is 12.1 Å². The van der Waals surface area contributed by atoms with E-state index < -0.39 is 0 Å². The molecule has 2 aromatic heterocycles. The molecule has 0 bridgehead atoms. The quantitative estimate of drug-likeness (QED) is 0.632. The van der Waals surface area contributed by atoms with Gasteiger partial charge in [0.25, 0.3) is 0 Å². The fourth-order valence-electron chi connectivity index (χ4n) is 2.51. The van der Waals surface area contributed by atoms with E-state index in [0.717, 1.165) is 28.8 Å². The van der Waals surface area contributed by atoms with E-state index in [9.17, 15) is 0 Å². The molecule has 26 heavy (non-hydrogen) atoms. The van der Waals surface area contributed by atoms with Crippen molar-refractivity contribution < 1.29 is 4.74 Å². The maximum Gasteiger partial charge on any atom is 0.197 e. The molecule has 1 aliphatic rings. The van der Waals surface area contributed by atoms with Gasteiger partial charge in [-0.15, -0.1) is 10.2 Å². The van der Waals surface area contributed by atoms with Gasteiger partial charge in [-0.05, 0) is 48.9 Å². The highest BCUT2D eigenvalue weighted by atomic mass is 35.5. The Kier molecular flexibility index (Phi) is 4.78. The van der Waals surface area contributed by atoms with Gasteiger partial charge in [0.05, 0.1) is 5.02 Å². The van der Waals surface area contributed by atoms with Crippen molar-refractivity contribution in [2.24, 2.45) is 0 Å². The summed E-state index contributed by atoms with van der Waals surface area (Å²) in [5, 5.41) is 19.6. The molecule has 1 fully saturated rings. The van der Waals surface area contributed by atoms with Crippen LogP contribution in [0.2, 0.25) is 5.02 Å². The molecular formula is C18H14ClN5OS. The molecule has 0 unspecified atom stereocenters. The summed E-state index contributed by atoms with van der Waals surface area (Å²) in [7, 11) is 0. The summed E-state index contributed by atoms with van der Waals surface area (Å²) in [6, 6.07) is 15.1. The van der Waals surface area contributed by atoms with Crippen LogP contribution in [0.1, 0.15) is 30.4 Å². The van der Waals surface area contributed by atoms with Crippen LogP contribution in [0.5, 0.6) is 5.75 Å². The Morgan fingerprint density at radius 1 is 1.19 bits per heavy atom. The van der Waals surface area contributed by atoms with Gasteiger partial charge in [-0.25, -0.2) is 4.98 Å². The first kappa shape index (κ1) is 16.9. The molecule has 0 N–H and O–H groups in total. The van der Waals surface area contributed by atoms with Gasteiger partial charge in [0.2, 0.25) is 0 Å². The Bertz CT molecular complexity index is 980. The molecule has 8 heteroatoms. The molecule has 3 aromatic rings. The van der Waals surface area contributed by atoms with Crippen molar-refractivity contribution in [2.75, 3.05) is 0 Å². The Morgan fingerprint density at radius 2 is 2.04 bits per heavy atom. The van der Waals surface area contributed by atoms with Gasteiger partial charge < -0.3 is 4.74 Å². The van der Waals surface area contributed by atoms with Gasteiger partial charge in [0.15, 0.2) is 11.0 Å². The number of para-hydroxylation sites is 1. The standard InChI is InChI=1S/C18H14ClN5OS/c19-14-5-1-2-6-15(14)25-11-16-22-23-18(24(16)13-8-9-13)26-17-7-3-4-12(10-20)21-17/h1-7,13H,8-9,11H2. The SMILES string of the molecule is N#Cc1cccc(Sc2nnc(COc3ccccc3Cl)n2C2CC2)n1. The highest BCUT2D eigenvalue weighted by Crippen LogP contribution is 2.40. The second kappa shape index (κ2) is 7.36. The normalized spacial score (nSPS) is 13.4. The fraction of sp³-hybridized carbons (Fsp3) is 0.222. The Balaban J connectivity index is 1.55. The number of hydrogen-bond donors (Lipinski definition) is 0. The summed E-state index contributed by atoms with van der Waals surface area (Å²) in [6.07, 6.45) is 2.19. The summed E-state index contributed by atoms with van der Waals surface area (Å²) in [5.74, 6) is 1.38. The minimum atomic E-state index is 0.291. The number of ether oxygens (including phenoxy) is 1. The van der Waals surface area contributed by atoms with Gasteiger partial charge >= 0.3 is 0 Å². The summed E-state index contributed by atoms with van der Waals surface area (Å²) in [6.45, 7) is 0.291. The smallest absolute Gasteiger partial charge is 0.197 e. The monoisotopic (exact) mass is 383 g/mol. The second-order valence-corrected chi connectivity index (χ2v) is 7.19. The summed E-state index contributed by atoms with van der Waals surface area (Å²) in [4.78, 5) is 4.29. The number of rotatable bonds is 6. The maximum atomic E-state index is 9.00. The van der Waals surface area contributed by atoms with Crippen molar-refractivity contribution in [1.29, 1.82) is 5.26 Å². The third kappa shape index (κ3) is 3.66. The van der Waals surface area contributed by atoms with E-state index in [1.807, 2.05) is 30.3 Å². The lowest BCUT2D eigenvalue weighted by Crippen LogP contribution is -2.07. The lowest BCUT2D eigenvalue weighted by Gasteiger charge is -2.10. The van der Waals surface area contributed by atoms with Crippen LogP contribution < -0.4 is 4.74 Å². The van der Waals surface area contributed by atoms with E-state index in [1.165, 1.54) is 11.8 Å². The number of nitriles is 1. The van der Waals surface area contributed by atoms with Gasteiger partial charge in [0, 0.05) is 6.04 Å². The van der Waals surface area contributed by atoms with Crippen LogP contribution in [-0.4, -0.2) is 19.7 Å². The largest absolute Gasteiger partial charge is 0.484 e. The van der Waals surface area contributed by atoms with Crippen molar-refractivity contribution in [3.63, 3.8) is 0 Å². The lowest BCUT2D eigenvalue weighted by atomic mass is 10.3. The van der Waals surface area contributed by atoms with Crippen molar-refractivity contribution in [2.45, 2.75) is 35.7 Å². The summed E-state index contributed by atoms with van der Waals surface area (Å²) >= 11 is 7.54. The van der Waals surface area contributed by atoms with Crippen molar-refractivity contribution in [3.05, 3.63) is 59.0 Å². The van der Waals surface area contributed by atoms with Crippen LogP contribution in [0.25, 0.3) is 0 Å². The highest BCUT2D eigenvalue weighted by molar-refractivity contribution is 7.99. The third-order valence-corrected chi connectivity index (χ3v) is 5.08. The van der Waals surface area contributed by atoms with E-state index >= 15 is 0 Å². The molecular weight excluding hydrogens is 370 g/mol. The second-order valence-electron chi connectivity index (χ2n) is 5.79. The van der Waals surface area contributed by atoms with Crippen LogP contribution in [0.15, 0.2) is 52.6 Å². The Morgan fingerprint density at radius 3 is 2.81 bits per heavy atom. The molecule has 0 aliphatic heterocycles. The van der Waals surface area contributed by atoms with E-state index in [2.05, 4.69) is 25.8 Å². The summed E-state index contributed by atoms with van der Waals surface area (Å²) < 4.78 is 7.92. The minimum Gasteiger partial charge on any atom is -0.484 e. The first-order chi connectivity index (χ1) is 12.7. The molecule has 4 rings (SSSR count). The first-order valence-electron chi connectivity index (χ1n) is 8.10. The number of hydrogen-bond acceptors (Lipinski definition) is 6.